The molecule has 0 aliphatic rings. The van der Waals surface area contributed by atoms with Gasteiger partial charge in [-0.2, -0.15) is 0 Å². The zero-order valence-corrected chi connectivity index (χ0v) is 86.3. The van der Waals surface area contributed by atoms with Gasteiger partial charge in [-0.05, 0) is 362 Å². The van der Waals surface area contributed by atoms with Gasteiger partial charge in [0.1, 0.15) is 29.2 Å². The first-order chi connectivity index (χ1) is 63.0. The highest BCUT2D eigenvalue weighted by Gasteiger charge is 2.33. The maximum absolute atomic E-state index is 13.2. The van der Waals surface area contributed by atoms with Crippen molar-refractivity contribution in [2.45, 2.75) is 89.9 Å². The fraction of sp³-hybridized carbons (Fsp3) is 0.0777. The summed E-state index contributed by atoms with van der Waals surface area (Å²) in [6.07, 6.45) is -0.972. The van der Waals surface area contributed by atoms with E-state index in [0.717, 1.165) is 50.0 Å². The Balaban J connectivity index is 0.000000172. The number of benzene rings is 15. The van der Waals surface area contributed by atoms with E-state index in [0.29, 0.717) is 5.56 Å². The number of fused-ring (bicyclic) bond motifs is 3. The quantitative estimate of drug-likeness (QED) is 0.0204. The number of halogens is 13. The summed E-state index contributed by atoms with van der Waals surface area (Å²) in [5.41, 5.74) is 0.426. The Morgan fingerprint density at radius 2 is 0.644 bits per heavy atom. The van der Waals surface area contributed by atoms with Crippen LogP contribution < -0.4 is 26.2 Å². The molecule has 0 radical (unpaired) electrons. The summed E-state index contributed by atoms with van der Waals surface area (Å²) in [4.78, 5) is 65.5. The maximum atomic E-state index is 13.2. The predicted molar refractivity (Wildman–Crippen MR) is 553 cm³/mol. The van der Waals surface area contributed by atoms with Gasteiger partial charge < -0.3 is 55.2 Å². The molecule has 12 nitrogen and oxygen atoms in total. The molecule has 1 heterocycles. The van der Waals surface area contributed by atoms with Gasteiger partial charge >= 0.3 is 5.97 Å². The number of nitrogen functional groups attached to an aromatic ring is 1. The highest BCUT2D eigenvalue weighted by Crippen LogP contribution is 2.48. The van der Waals surface area contributed by atoms with E-state index in [9.17, 15) is 75.1 Å². The summed E-state index contributed by atoms with van der Waals surface area (Å²) in [6.45, 7) is 5.93. The number of rotatable bonds is 18. The average molecular weight is 2530 g/mol. The van der Waals surface area contributed by atoms with Gasteiger partial charge in [-0.3, -0.25) is 0 Å². The standard InChI is InChI=1S/C18H12F3S.C18H13S.2C18H15S.C13H13I3O4.C7H3F4NO2.C7H3I3O2.C4H8O3/c19-13-1-7-16(8-2-13)22(17-9-3-14(20)4-10-17)18-11-5-15(21)6-12-18;1-2-8-14(9-3-1)19-17-12-6-4-10-15(17)16-11-5-7-13-18(16)19;2*1-4-10-16(11-5-1)19(17-12-6-2-7-13-17)18-14-8-3-9-15-18;1-6(2)10(5-11(17)18)20-13(19)8-3-7(14)4-9(15)12(8)16;8-2-1(7(13)14)3(9)5(11)6(12)4(2)10;8-3-1-4(7(11)12)6(10)5(9)2-3;1-4(2,7)3(5)6/h1-12H;1-13H;2*1-15H;3-4,6,10H,5H2,1-2H3,(H,17,18);12H2,(H,13,14);1-2H,(H,11,12);7H,1-2H3,(H,5,6)/q4*+1;;;;/p-4. The highest BCUT2D eigenvalue weighted by atomic mass is 127. The summed E-state index contributed by atoms with van der Waals surface area (Å²) >= 11 is 12.6. The minimum Gasteiger partial charge on any atom is -0.550 e. The number of esters is 1. The molecule has 0 aliphatic heterocycles. The van der Waals surface area contributed by atoms with Crippen molar-refractivity contribution in [3.05, 3.63) is 437 Å². The van der Waals surface area contributed by atoms with Crippen molar-refractivity contribution in [3.8, 4) is 4.90 Å². The Labute approximate surface area is 852 Å². The first kappa shape index (κ1) is 106. The molecule has 0 bridgehead atoms. The SMILES string of the molecule is CC(C)(O)C(=O)[O-].CC(C)C(CC(=O)[O-])OC(=O)c1cc(I)cc(I)c1I.Fc1ccc([S+](c2ccc(F)cc2)c2ccc(F)cc2)cc1.Nc1c(F)c(F)c(C(=O)[O-])c(F)c1F.O=C([O-])c1cc(I)cc(I)c1I.c1ccc(-[s+]2c3ccccc3c3ccccc32)cc1.c1ccc([S+](c2ccccc2)c2ccccc2)cc1.c1ccc([S+](c2ccccc2)c2ccccc2)cc1. The van der Waals surface area contributed by atoms with Gasteiger partial charge in [0.25, 0.3) is 0 Å². The van der Waals surface area contributed by atoms with Crippen molar-refractivity contribution in [2.24, 2.45) is 5.92 Å². The summed E-state index contributed by atoms with van der Waals surface area (Å²) in [5.74, 6) is -15.7. The highest BCUT2D eigenvalue weighted by molar-refractivity contribution is 14.1. The third-order valence-corrected chi connectivity index (χ3v) is 34.7. The van der Waals surface area contributed by atoms with Crippen LogP contribution in [0.5, 0.6) is 0 Å². The monoisotopic (exact) mass is 2530 g/mol. The van der Waals surface area contributed by atoms with E-state index in [-0.39, 0.29) is 67.6 Å². The Kier molecular flexibility index (Phi) is 42.2. The molecule has 29 heteroatoms. The van der Waals surface area contributed by atoms with Crippen LogP contribution >= 0.6 is 146 Å². The van der Waals surface area contributed by atoms with Crippen LogP contribution in [0, 0.1) is 68.1 Å². The second kappa shape index (κ2) is 52.4. The van der Waals surface area contributed by atoms with Gasteiger partial charge in [0, 0.05) is 60.6 Å². The molecule has 0 aliphatic carbocycles. The average Bonchev–Trinajstić information content (AvgIpc) is 1.64. The lowest BCUT2D eigenvalue weighted by Gasteiger charge is -2.22. The van der Waals surface area contributed by atoms with Crippen molar-refractivity contribution in [2.75, 3.05) is 5.73 Å². The molecule has 0 saturated carbocycles. The number of anilines is 1. The summed E-state index contributed by atoms with van der Waals surface area (Å²) in [6, 6.07) is 118. The Morgan fingerprint density at radius 3 is 0.917 bits per heavy atom. The molecular weight excluding hydrogens is 2450 g/mol. The molecule has 0 saturated heterocycles. The van der Waals surface area contributed by atoms with E-state index in [1.165, 1.54) is 90.8 Å². The third kappa shape index (κ3) is 30.8. The zero-order valence-electron chi connectivity index (χ0n) is 70.1. The molecule has 132 heavy (non-hydrogen) atoms. The summed E-state index contributed by atoms with van der Waals surface area (Å²) < 4.78 is 104. The minimum atomic E-state index is -2.36. The van der Waals surface area contributed by atoms with E-state index in [4.69, 9.17) is 9.84 Å². The van der Waals surface area contributed by atoms with Gasteiger partial charge in [0.15, 0.2) is 81.6 Å². The van der Waals surface area contributed by atoms with E-state index in [1.807, 2.05) is 48.6 Å². The normalized spacial score (nSPS) is 10.9. The molecule has 16 rings (SSSR count). The molecule has 676 valence electrons. The summed E-state index contributed by atoms with van der Waals surface area (Å²) in [7, 11) is -0.509. The van der Waals surface area contributed by atoms with Crippen LogP contribution in [-0.4, -0.2) is 46.7 Å². The van der Waals surface area contributed by atoms with E-state index >= 15 is 0 Å². The van der Waals surface area contributed by atoms with E-state index in [1.54, 1.807) is 48.5 Å². The fourth-order valence-corrected chi connectivity index (χ4v) is 25.4. The van der Waals surface area contributed by atoms with Crippen molar-refractivity contribution in [1.29, 1.82) is 0 Å². The molecule has 15 aromatic carbocycles. The minimum absolute atomic E-state index is 0.0146. The second-order valence-electron chi connectivity index (χ2n) is 28.5. The van der Waals surface area contributed by atoms with Crippen molar-refractivity contribution < 1.29 is 85.0 Å². The molecule has 0 spiro atoms. The molecule has 1 aromatic heterocycles. The number of hydrogen-bond acceptors (Lipinski definition) is 12. The zero-order chi connectivity index (χ0) is 95.9. The predicted octanol–water partition coefficient (Wildman–Crippen LogP) is 23.9. The van der Waals surface area contributed by atoms with Crippen LogP contribution in [0.4, 0.5) is 36.4 Å². The molecule has 16 aromatic rings. The largest absolute Gasteiger partial charge is 0.550 e. The number of carbonyl (C=O) groups excluding carboxylic acids is 5. The van der Waals surface area contributed by atoms with Crippen LogP contribution in [0.2, 0.25) is 0 Å². The number of carboxylic acids is 4. The number of nitrogens with two attached hydrogens (primary N) is 1. The lowest BCUT2D eigenvalue weighted by molar-refractivity contribution is -0.322. The molecular formula is C103H78F7I6NO11S4. The first-order valence-electron chi connectivity index (χ1n) is 39.5. The van der Waals surface area contributed by atoms with Gasteiger partial charge in [-0.1, -0.05) is 166 Å². The number of aliphatic carboxylic acids is 2. The van der Waals surface area contributed by atoms with Gasteiger partial charge in [-0.15, -0.1) is 0 Å². The van der Waals surface area contributed by atoms with Crippen molar-refractivity contribution >= 4 is 234 Å². The number of aromatic carboxylic acids is 2. The number of ether oxygens (including phenoxy) is 1. The van der Waals surface area contributed by atoms with Crippen molar-refractivity contribution in [3.63, 3.8) is 0 Å². The van der Waals surface area contributed by atoms with E-state index < -0.39 is 87.0 Å². The van der Waals surface area contributed by atoms with Gasteiger partial charge in [0.2, 0.25) is 0 Å². The lowest BCUT2D eigenvalue weighted by Crippen LogP contribution is -2.43. The molecule has 0 amide bonds. The van der Waals surface area contributed by atoms with Crippen LogP contribution in [0.3, 0.4) is 0 Å². The van der Waals surface area contributed by atoms with Gasteiger partial charge in [-0.25, -0.2) is 35.5 Å². The number of carbonyl (C=O) groups is 5. The Bertz CT molecular complexity index is 6030. The number of carboxylic acid groups (broad SMARTS) is 4. The maximum Gasteiger partial charge on any atom is 0.339 e. The van der Waals surface area contributed by atoms with Crippen LogP contribution in [0.25, 0.3) is 25.1 Å². The molecule has 1 unspecified atom stereocenters. The van der Waals surface area contributed by atoms with E-state index in [2.05, 4.69) is 380 Å². The van der Waals surface area contributed by atoms with Crippen molar-refractivity contribution in [1.82, 2.24) is 0 Å². The third-order valence-electron chi connectivity index (χ3n) is 18.3. The summed E-state index contributed by atoms with van der Waals surface area (Å²) in [5, 5.41) is 52.3. The Hall–Kier alpha value is -9.43. The smallest absolute Gasteiger partial charge is 0.339 e. The fourth-order valence-electron chi connectivity index (χ4n) is 12.0. The van der Waals surface area contributed by atoms with Crippen LogP contribution in [0.15, 0.2) is 402 Å². The topological polar surface area (TPSA) is 233 Å². The second-order valence-corrected chi connectivity index (χ2v) is 43.5. The Morgan fingerprint density at radius 1 is 0.379 bits per heavy atom. The lowest BCUT2D eigenvalue weighted by atomic mass is 10.0. The van der Waals surface area contributed by atoms with Crippen LogP contribution in [-0.2, 0) is 47.0 Å². The number of thiophene rings is 1. The van der Waals surface area contributed by atoms with Crippen LogP contribution in [0.1, 0.15) is 65.2 Å². The molecule has 0 fully saturated rings. The number of aliphatic hydroxyl groups is 1. The first-order valence-corrected chi connectivity index (χ1v) is 50.9. The molecule has 1 atom stereocenters. The molecule has 3 N–H and O–H groups in total. The van der Waals surface area contributed by atoms with Gasteiger partial charge in [0.05, 0.1) is 67.3 Å². The number of hydrogen-bond donors (Lipinski definition) is 2.